The van der Waals surface area contributed by atoms with Crippen molar-refractivity contribution in [1.82, 2.24) is 10.2 Å². The van der Waals surface area contributed by atoms with Crippen molar-refractivity contribution in [3.05, 3.63) is 65.7 Å². The van der Waals surface area contributed by atoms with E-state index in [1.807, 2.05) is 30.3 Å². The Morgan fingerprint density at radius 3 is 2.53 bits per heavy atom. The molecule has 1 aliphatic heterocycles. The van der Waals surface area contributed by atoms with E-state index in [0.29, 0.717) is 24.9 Å². The van der Waals surface area contributed by atoms with Crippen LogP contribution in [0.2, 0.25) is 0 Å². The molecule has 1 aliphatic rings. The van der Waals surface area contributed by atoms with E-state index in [4.69, 9.17) is 0 Å². The summed E-state index contributed by atoms with van der Waals surface area (Å²) in [5.74, 6) is -0.391. The van der Waals surface area contributed by atoms with E-state index < -0.39 is 17.8 Å². The quantitative estimate of drug-likeness (QED) is 0.746. The molecule has 8 heteroatoms. The Balaban J connectivity index is 1.77. The van der Waals surface area contributed by atoms with Crippen molar-refractivity contribution in [1.29, 1.82) is 0 Å². The first-order valence-corrected chi connectivity index (χ1v) is 9.74. The van der Waals surface area contributed by atoms with Crippen LogP contribution in [0.25, 0.3) is 0 Å². The third-order valence-electron chi connectivity index (χ3n) is 5.10. The first kappa shape index (κ1) is 21.7. The molecule has 0 radical (unpaired) electrons. The number of nitrogens with one attached hydrogen (secondary N) is 1. The van der Waals surface area contributed by atoms with Gasteiger partial charge in [0.25, 0.3) is 0 Å². The standard InChI is InChI=1S/C22H24F3N3O2/c1-27(18-9-3-2-4-10-18)15-20(29)26-19(14-28-12-6-11-21(28)30)16-7-5-8-17(13-16)22(23,24)25/h2-5,7-10,13,19H,6,11-12,14-15H2,1H3,(H,26,29). The third-order valence-corrected chi connectivity index (χ3v) is 5.10. The molecule has 5 nitrogen and oxygen atoms in total. The fourth-order valence-electron chi connectivity index (χ4n) is 3.51. The number of alkyl halides is 3. The summed E-state index contributed by atoms with van der Waals surface area (Å²) < 4.78 is 39.5. The molecule has 2 aromatic carbocycles. The lowest BCUT2D eigenvalue weighted by Crippen LogP contribution is -2.42. The SMILES string of the molecule is CN(CC(=O)NC(CN1CCCC1=O)c1cccc(C(F)(F)F)c1)c1ccccc1. The number of benzene rings is 2. The summed E-state index contributed by atoms with van der Waals surface area (Å²) in [6.07, 6.45) is -3.36. The predicted octanol–water partition coefficient (Wildman–Crippen LogP) is 3.62. The van der Waals surface area contributed by atoms with Crippen molar-refractivity contribution in [2.75, 3.05) is 31.6 Å². The third kappa shape index (κ3) is 5.52. The molecule has 2 amide bonds. The van der Waals surface area contributed by atoms with Crippen molar-refractivity contribution in [3.63, 3.8) is 0 Å². The minimum atomic E-state index is -4.48. The molecule has 1 atom stereocenters. The lowest BCUT2D eigenvalue weighted by atomic mass is 10.0. The molecule has 0 bridgehead atoms. The largest absolute Gasteiger partial charge is 0.416 e. The maximum atomic E-state index is 13.2. The molecule has 2 aromatic rings. The van der Waals surface area contributed by atoms with Gasteiger partial charge in [-0.25, -0.2) is 0 Å². The van der Waals surface area contributed by atoms with Gasteiger partial charge in [0.2, 0.25) is 11.8 Å². The Kier molecular flexibility index (Phi) is 6.64. The van der Waals surface area contributed by atoms with Crippen LogP contribution in [-0.2, 0) is 15.8 Å². The molecule has 0 saturated carbocycles. The first-order valence-electron chi connectivity index (χ1n) is 9.74. The minimum Gasteiger partial charge on any atom is -0.365 e. The van der Waals surface area contributed by atoms with Crippen molar-refractivity contribution in [3.8, 4) is 0 Å². The predicted molar refractivity (Wildman–Crippen MR) is 108 cm³/mol. The molecule has 1 fully saturated rings. The molecular formula is C22H24F3N3O2. The molecule has 1 N–H and O–H groups in total. The number of anilines is 1. The van der Waals surface area contributed by atoms with Gasteiger partial charge in [-0.05, 0) is 36.2 Å². The summed E-state index contributed by atoms with van der Waals surface area (Å²) >= 11 is 0. The highest BCUT2D eigenvalue weighted by Gasteiger charge is 2.32. The fraction of sp³-hybridized carbons (Fsp3) is 0.364. The Hall–Kier alpha value is -3.03. The number of rotatable bonds is 7. The van der Waals surface area contributed by atoms with Crippen molar-refractivity contribution < 1.29 is 22.8 Å². The average molecular weight is 419 g/mol. The van der Waals surface area contributed by atoms with Gasteiger partial charge in [0.15, 0.2) is 0 Å². The van der Waals surface area contributed by atoms with E-state index >= 15 is 0 Å². The van der Waals surface area contributed by atoms with E-state index in [9.17, 15) is 22.8 Å². The number of hydrogen-bond donors (Lipinski definition) is 1. The number of para-hydroxylation sites is 1. The van der Waals surface area contributed by atoms with Gasteiger partial charge in [-0.15, -0.1) is 0 Å². The van der Waals surface area contributed by atoms with Crippen molar-refractivity contribution >= 4 is 17.5 Å². The smallest absolute Gasteiger partial charge is 0.365 e. The van der Waals surface area contributed by atoms with Gasteiger partial charge in [0, 0.05) is 32.2 Å². The van der Waals surface area contributed by atoms with Gasteiger partial charge in [0.1, 0.15) is 0 Å². The Morgan fingerprint density at radius 1 is 1.17 bits per heavy atom. The Morgan fingerprint density at radius 2 is 1.90 bits per heavy atom. The first-order chi connectivity index (χ1) is 14.2. The maximum Gasteiger partial charge on any atom is 0.416 e. The zero-order chi connectivity index (χ0) is 21.7. The van der Waals surface area contributed by atoms with Gasteiger partial charge < -0.3 is 15.1 Å². The number of halogens is 3. The summed E-state index contributed by atoms with van der Waals surface area (Å²) in [5.41, 5.74) is 0.381. The van der Waals surface area contributed by atoms with Crippen molar-refractivity contribution in [2.45, 2.75) is 25.1 Å². The highest BCUT2D eigenvalue weighted by molar-refractivity contribution is 5.82. The zero-order valence-corrected chi connectivity index (χ0v) is 16.7. The van der Waals surface area contributed by atoms with Crippen molar-refractivity contribution in [2.24, 2.45) is 0 Å². The molecule has 160 valence electrons. The van der Waals surface area contributed by atoms with Gasteiger partial charge in [-0.2, -0.15) is 13.2 Å². The van der Waals surface area contributed by atoms with Crippen LogP contribution in [0.4, 0.5) is 18.9 Å². The number of likely N-dealkylation sites (N-methyl/N-ethyl adjacent to an activating group) is 1. The maximum absolute atomic E-state index is 13.2. The van der Waals surface area contributed by atoms with E-state index in [2.05, 4.69) is 5.32 Å². The second kappa shape index (κ2) is 9.19. The van der Waals surface area contributed by atoms with Crippen LogP contribution >= 0.6 is 0 Å². The highest BCUT2D eigenvalue weighted by atomic mass is 19.4. The fourth-order valence-corrected chi connectivity index (χ4v) is 3.51. The van der Waals surface area contributed by atoms with Gasteiger partial charge in [0.05, 0.1) is 18.2 Å². The molecule has 1 heterocycles. The second-order valence-corrected chi connectivity index (χ2v) is 7.38. The summed E-state index contributed by atoms with van der Waals surface area (Å²) in [6.45, 7) is 0.711. The van der Waals surface area contributed by atoms with Crippen LogP contribution in [0.1, 0.15) is 30.0 Å². The summed E-state index contributed by atoms with van der Waals surface area (Å²) in [6, 6.07) is 13.5. The number of carbonyl (C=O) groups is 2. The molecule has 0 aromatic heterocycles. The lowest BCUT2D eigenvalue weighted by Gasteiger charge is -2.27. The highest BCUT2D eigenvalue weighted by Crippen LogP contribution is 2.31. The minimum absolute atomic E-state index is 0.0351. The Labute approximate surface area is 173 Å². The van der Waals surface area contributed by atoms with Crippen LogP contribution < -0.4 is 10.2 Å². The van der Waals surface area contributed by atoms with E-state index in [1.165, 1.54) is 6.07 Å². The molecule has 1 unspecified atom stereocenters. The normalized spacial score (nSPS) is 15.2. The monoisotopic (exact) mass is 419 g/mol. The topological polar surface area (TPSA) is 52.7 Å². The summed E-state index contributed by atoms with van der Waals surface area (Å²) in [7, 11) is 1.76. The van der Waals surface area contributed by atoms with Gasteiger partial charge >= 0.3 is 6.18 Å². The van der Waals surface area contributed by atoms with Crippen LogP contribution in [0, 0.1) is 0 Å². The number of likely N-dealkylation sites (tertiary alicyclic amines) is 1. The number of carbonyl (C=O) groups excluding carboxylic acids is 2. The number of nitrogens with zero attached hydrogens (tertiary/aromatic N) is 2. The molecule has 0 spiro atoms. The lowest BCUT2D eigenvalue weighted by molar-refractivity contribution is -0.137. The molecule has 30 heavy (non-hydrogen) atoms. The van der Waals surface area contributed by atoms with E-state index in [-0.39, 0.29) is 24.9 Å². The summed E-state index contributed by atoms with van der Waals surface area (Å²) in [5, 5.41) is 2.82. The molecule has 3 rings (SSSR count). The Bertz CT molecular complexity index is 887. The summed E-state index contributed by atoms with van der Waals surface area (Å²) in [4.78, 5) is 28.0. The van der Waals surface area contributed by atoms with Gasteiger partial charge in [-0.3, -0.25) is 9.59 Å². The number of hydrogen-bond acceptors (Lipinski definition) is 3. The number of amides is 2. The molecular weight excluding hydrogens is 395 g/mol. The van der Waals surface area contributed by atoms with Crippen LogP contribution in [0.5, 0.6) is 0 Å². The van der Waals surface area contributed by atoms with Crippen LogP contribution in [0.15, 0.2) is 54.6 Å². The average Bonchev–Trinajstić information content (AvgIpc) is 3.12. The van der Waals surface area contributed by atoms with Crippen LogP contribution in [-0.4, -0.2) is 43.4 Å². The van der Waals surface area contributed by atoms with Crippen LogP contribution in [0.3, 0.4) is 0 Å². The van der Waals surface area contributed by atoms with E-state index in [0.717, 1.165) is 17.8 Å². The zero-order valence-electron chi connectivity index (χ0n) is 16.7. The molecule has 1 saturated heterocycles. The second-order valence-electron chi connectivity index (χ2n) is 7.38. The molecule has 0 aliphatic carbocycles. The van der Waals surface area contributed by atoms with E-state index in [1.54, 1.807) is 22.9 Å². The van der Waals surface area contributed by atoms with Gasteiger partial charge in [-0.1, -0.05) is 30.3 Å².